The number of aryl methyl sites for hydroxylation is 1. The number of carboxylic acid groups (broad SMARTS) is 1. The van der Waals surface area contributed by atoms with Crippen molar-refractivity contribution in [3.63, 3.8) is 0 Å². The number of urea groups is 1. The van der Waals surface area contributed by atoms with E-state index < -0.39 is 5.97 Å². The molecular formula is C15H21N3O3. The second-order valence-corrected chi connectivity index (χ2v) is 5.49. The number of nitrogens with zero attached hydrogens (tertiary/aromatic N) is 1. The fourth-order valence-corrected chi connectivity index (χ4v) is 2.65. The average molecular weight is 291 g/mol. The van der Waals surface area contributed by atoms with Crippen LogP contribution in [-0.2, 0) is 11.3 Å². The highest BCUT2D eigenvalue weighted by atomic mass is 16.4. The molecule has 6 nitrogen and oxygen atoms in total. The predicted octanol–water partition coefficient (Wildman–Crippen LogP) is 1.83. The Kier molecular flexibility index (Phi) is 5.14. The standard InChI is InChI=1S/C15H21N3O3/c1-10-4-3-7-16-13(10)9-17-15(21)18-12-6-2-5-11(8-12)14(19)20/h3-4,7,11-12H,2,5-6,8-9H2,1H3,(H,19,20)(H2,17,18,21). The molecule has 0 bridgehead atoms. The number of carbonyl (C=O) groups is 2. The maximum atomic E-state index is 11.9. The molecule has 1 aromatic rings. The molecule has 2 rings (SSSR count). The van der Waals surface area contributed by atoms with E-state index >= 15 is 0 Å². The largest absolute Gasteiger partial charge is 0.481 e. The van der Waals surface area contributed by atoms with Gasteiger partial charge in [0.25, 0.3) is 0 Å². The lowest BCUT2D eigenvalue weighted by atomic mass is 9.86. The summed E-state index contributed by atoms with van der Waals surface area (Å²) in [7, 11) is 0. The molecule has 0 aromatic carbocycles. The molecule has 1 aliphatic rings. The monoisotopic (exact) mass is 291 g/mol. The number of rotatable bonds is 4. The summed E-state index contributed by atoms with van der Waals surface area (Å²) in [5.74, 6) is -1.12. The first-order valence-corrected chi connectivity index (χ1v) is 7.24. The number of carbonyl (C=O) groups excluding carboxylic acids is 1. The van der Waals surface area contributed by atoms with Crippen LogP contribution < -0.4 is 10.6 Å². The summed E-state index contributed by atoms with van der Waals surface area (Å²) in [5.41, 5.74) is 1.86. The first-order chi connectivity index (χ1) is 10.1. The zero-order valence-electron chi connectivity index (χ0n) is 12.1. The lowest BCUT2D eigenvalue weighted by molar-refractivity contribution is -0.143. The predicted molar refractivity (Wildman–Crippen MR) is 77.7 cm³/mol. The van der Waals surface area contributed by atoms with Gasteiger partial charge in [0.15, 0.2) is 0 Å². The van der Waals surface area contributed by atoms with Crippen LogP contribution in [0.15, 0.2) is 18.3 Å². The molecule has 1 fully saturated rings. The summed E-state index contributed by atoms with van der Waals surface area (Å²) in [4.78, 5) is 27.1. The topological polar surface area (TPSA) is 91.3 Å². The highest BCUT2D eigenvalue weighted by Crippen LogP contribution is 2.24. The Hall–Kier alpha value is -2.11. The van der Waals surface area contributed by atoms with E-state index in [0.717, 1.165) is 24.1 Å². The minimum Gasteiger partial charge on any atom is -0.481 e. The fourth-order valence-electron chi connectivity index (χ4n) is 2.65. The van der Waals surface area contributed by atoms with Crippen molar-refractivity contribution in [2.45, 2.75) is 45.2 Å². The Morgan fingerprint density at radius 1 is 1.43 bits per heavy atom. The number of amides is 2. The smallest absolute Gasteiger partial charge is 0.315 e. The molecule has 21 heavy (non-hydrogen) atoms. The van der Waals surface area contributed by atoms with Gasteiger partial charge in [0.05, 0.1) is 18.2 Å². The van der Waals surface area contributed by atoms with Gasteiger partial charge in [0.1, 0.15) is 0 Å². The SMILES string of the molecule is Cc1cccnc1CNC(=O)NC1CCCC(C(=O)O)C1. The van der Waals surface area contributed by atoms with E-state index in [1.807, 2.05) is 19.1 Å². The minimum atomic E-state index is -0.772. The Bertz CT molecular complexity index is 519. The van der Waals surface area contributed by atoms with Gasteiger partial charge < -0.3 is 15.7 Å². The summed E-state index contributed by atoms with van der Waals surface area (Å²) >= 11 is 0. The first-order valence-electron chi connectivity index (χ1n) is 7.24. The number of hydrogen-bond donors (Lipinski definition) is 3. The molecule has 2 amide bonds. The molecule has 2 unspecified atom stereocenters. The number of aliphatic carboxylic acids is 1. The number of aromatic nitrogens is 1. The van der Waals surface area contributed by atoms with Gasteiger partial charge in [-0.15, -0.1) is 0 Å². The summed E-state index contributed by atoms with van der Waals surface area (Å²) in [6.07, 6.45) is 4.56. The molecular weight excluding hydrogens is 270 g/mol. The van der Waals surface area contributed by atoms with Crippen LogP contribution in [0.25, 0.3) is 0 Å². The molecule has 0 saturated heterocycles. The Balaban J connectivity index is 1.79. The molecule has 0 spiro atoms. The zero-order chi connectivity index (χ0) is 15.2. The van der Waals surface area contributed by atoms with Crippen molar-refractivity contribution < 1.29 is 14.7 Å². The van der Waals surface area contributed by atoms with Gasteiger partial charge in [0, 0.05) is 12.2 Å². The van der Waals surface area contributed by atoms with Gasteiger partial charge in [-0.05, 0) is 37.8 Å². The van der Waals surface area contributed by atoms with Crippen LogP contribution in [0.5, 0.6) is 0 Å². The molecule has 2 atom stereocenters. The molecule has 1 aromatic heterocycles. The summed E-state index contributed by atoms with van der Waals surface area (Å²) in [6.45, 7) is 2.31. The highest BCUT2D eigenvalue weighted by molar-refractivity contribution is 5.74. The molecule has 1 heterocycles. The number of hydrogen-bond acceptors (Lipinski definition) is 3. The number of nitrogens with one attached hydrogen (secondary N) is 2. The van der Waals surface area contributed by atoms with Crippen LogP contribution in [0.3, 0.4) is 0 Å². The van der Waals surface area contributed by atoms with Gasteiger partial charge in [-0.3, -0.25) is 9.78 Å². The Labute approximate surface area is 124 Å². The highest BCUT2D eigenvalue weighted by Gasteiger charge is 2.27. The Morgan fingerprint density at radius 2 is 2.24 bits per heavy atom. The van der Waals surface area contributed by atoms with E-state index in [-0.39, 0.29) is 18.0 Å². The minimum absolute atomic E-state index is 0.0651. The fraction of sp³-hybridized carbons (Fsp3) is 0.533. The van der Waals surface area contributed by atoms with Crippen molar-refractivity contribution in [2.24, 2.45) is 5.92 Å². The summed E-state index contributed by atoms with van der Waals surface area (Å²) in [6, 6.07) is 3.47. The van der Waals surface area contributed by atoms with Gasteiger partial charge in [-0.2, -0.15) is 0 Å². The van der Waals surface area contributed by atoms with Gasteiger partial charge in [-0.25, -0.2) is 4.79 Å². The number of carboxylic acids is 1. The molecule has 1 saturated carbocycles. The second-order valence-electron chi connectivity index (χ2n) is 5.49. The summed E-state index contributed by atoms with van der Waals surface area (Å²) in [5, 5.41) is 14.7. The van der Waals surface area contributed by atoms with Crippen molar-refractivity contribution in [3.05, 3.63) is 29.6 Å². The number of pyridine rings is 1. The molecule has 0 radical (unpaired) electrons. The summed E-state index contributed by atoms with van der Waals surface area (Å²) < 4.78 is 0. The molecule has 3 N–H and O–H groups in total. The van der Waals surface area contributed by atoms with Crippen LogP contribution in [0.2, 0.25) is 0 Å². The molecule has 0 aliphatic heterocycles. The van der Waals surface area contributed by atoms with Crippen LogP contribution in [0.1, 0.15) is 36.9 Å². The second kappa shape index (κ2) is 7.06. The van der Waals surface area contributed by atoms with Crippen LogP contribution in [0, 0.1) is 12.8 Å². The van der Waals surface area contributed by atoms with E-state index in [1.165, 1.54) is 0 Å². The van der Waals surface area contributed by atoms with Crippen LogP contribution >= 0.6 is 0 Å². The van der Waals surface area contributed by atoms with E-state index in [1.54, 1.807) is 6.20 Å². The van der Waals surface area contributed by atoms with E-state index in [2.05, 4.69) is 15.6 Å². The average Bonchev–Trinajstić information content (AvgIpc) is 2.46. The molecule has 114 valence electrons. The van der Waals surface area contributed by atoms with Crippen molar-refractivity contribution in [1.82, 2.24) is 15.6 Å². The maximum Gasteiger partial charge on any atom is 0.315 e. The van der Waals surface area contributed by atoms with E-state index in [0.29, 0.717) is 19.4 Å². The van der Waals surface area contributed by atoms with Crippen LogP contribution in [0.4, 0.5) is 4.79 Å². The van der Waals surface area contributed by atoms with E-state index in [4.69, 9.17) is 5.11 Å². The molecule has 1 aliphatic carbocycles. The van der Waals surface area contributed by atoms with Gasteiger partial charge in [0.2, 0.25) is 0 Å². The molecule has 6 heteroatoms. The third kappa shape index (κ3) is 4.44. The van der Waals surface area contributed by atoms with E-state index in [9.17, 15) is 9.59 Å². The quantitative estimate of drug-likeness (QED) is 0.789. The van der Waals surface area contributed by atoms with Crippen LogP contribution in [-0.4, -0.2) is 28.1 Å². The zero-order valence-corrected chi connectivity index (χ0v) is 12.1. The lowest BCUT2D eigenvalue weighted by Crippen LogP contribution is -2.44. The van der Waals surface area contributed by atoms with Crippen molar-refractivity contribution in [3.8, 4) is 0 Å². The van der Waals surface area contributed by atoms with Gasteiger partial charge in [-0.1, -0.05) is 12.5 Å². The lowest BCUT2D eigenvalue weighted by Gasteiger charge is -2.27. The van der Waals surface area contributed by atoms with Gasteiger partial charge >= 0.3 is 12.0 Å². The van der Waals surface area contributed by atoms with Crippen molar-refractivity contribution >= 4 is 12.0 Å². The first kappa shape index (κ1) is 15.3. The Morgan fingerprint density at radius 3 is 2.95 bits per heavy atom. The third-order valence-electron chi connectivity index (χ3n) is 3.89. The van der Waals surface area contributed by atoms with Crippen molar-refractivity contribution in [2.75, 3.05) is 0 Å². The third-order valence-corrected chi connectivity index (χ3v) is 3.89. The maximum absolute atomic E-state index is 11.9. The normalized spacial score (nSPS) is 21.6. The van der Waals surface area contributed by atoms with Crippen molar-refractivity contribution in [1.29, 1.82) is 0 Å².